The summed E-state index contributed by atoms with van der Waals surface area (Å²) in [4.78, 5) is 11.7. The molecule has 1 aliphatic rings. The van der Waals surface area contributed by atoms with E-state index in [4.69, 9.17) is 0 Å². The number of hydrogen-bond acceptors (Lipinski definition) is 2. The van der Waals surface area contributed by atoms with Crippen molar-refractivity contribution < 1.29 is 4.79 Å². The molecular formula is C12H16N2O. The first kappa shape index (κ1) is 10.2. The molecule has 2 rings (SSSR count). The van der Waals surface area contributed by atoms with Crippen molar-refractivity contribution in [3.8, 4) is 0 Å². The molecule has 3 nitrogen and oxygen atoms in total. The van der Waals surface area contributed by atoms with Crippen molar-refractivity contribution >= 4 is 11.6 Å². The molecule has 0 fully saturated rings. The van der Waals surface area contributed by atoms with Crippen LogP contribution in [0.3, 0.4) is 0 Å². The second-order valence-corrected chi connectivity index (χ2v) is 4.03. The molecule has 1 aromatic carbocycles. The number of nitrogens with one attached hydrogen (secondary N) is 2. The van der Waals surface area contributed by atoms with Gasteiger partial charge in [0.05, 0.1) is 0 Å². The van der Waals surface area contributed by atoms with Gasteiger partial charge >= 0.3 is 0 Å². The van der Waals surface area contributed by atoms with Crippen molar-refractivity contribution in [1.29, 1.82) is 0 Å². The van der Waals surface area contributed by atoms with Crippen molar-refractivity contribution in [2.24, 2.45) is 0 Å². The molecule has 1 atom stereocenters. The van der Waals surface area contributed by atoms with E-state index in [9.17, 15) is 4.79 Å². The van der Waals surface area contributed by atoms with Gasteiger partial charge in [0, 0.05) is 11.3 Å². The van der Waals surface area contributed by atoms with Gasteiger partial charge in [0.1, 0.15) is 6.04 Å². The largest absolute Gasteiger partial charge is 0.324 e. The summed E-state index contributed by atoms with van der Waals surface area (Å²) in [6.45, 7) is 6.89. The summed E-state index contributed by atoms with van der Waals surface area (Å²) in [6.07, 6.45) is 0. The molecule has 15 heavy (non-hydrogen) atoms. The van der Waals surface area contributed by atoms with E-state index in [1.54, 1.807) is 0 Å². The summed E-state index contributed by atoms with van der Waals surface area (Å²) in [5, 5.41) is 6.12. The van der Waals surface area contributed by atoms with Gasteiger partial charge < -0.3 is 10.6 Å². The van der Waals surface area contributed by atoms with Gasteiger partial charge in [-0.25, -0.2) is 0 Å². The van der Waals surface area contributed by atoms with Crippen LogP contribution in [0, 0.1) is 13.8 Å². The number of benzene rings is 1. The van der Waals surface area contributed by atoms with E-state index in [0.29, 0.717) is 0 Å². The lowest BCUT2D eigenvalue weighted by molar-refractivity contribution is -0.117. The smallest absolute Gasteiger partial charge is 0.246 e. The Labute approximate surface area is 89.9 Å². The van der Waals surface area contributed by atoms with Crippen molar-refractivity contribution in [3.63, 3.8) is 0 Å². The average Bonchev–Trinajstić information content (AvgIpc) is 2.46. The number of carbonyl (C=O) groups is 1. The van der Waals surface area contributed by atoms with Crippen molar-refractivity contribution in [1.82, 2.24) is 5.32 Å². The highest BCUT2D eigenvalue weighted by Crippen LogP contribution is 2.34. The van der Waals surface area contributed by atoms with E-state index in [1.165, 1.54) is 5.56 Å². The third-order valence-corrected chi connectivity index (χ3v) is 2.74. The number of aryl methyl sites for hydroxylation is 2. The lowest BCUT2D eigenvalue weighted by Gasteiger charge is -2.10. The molecule has 0 saturated carbocycles. The van der Waals surface area contributed by atoms with Crippen molar-refractivity contribution in [2.45, 2.75) is 26.8 Å². The van der Waals surface area contributed by atoms with E-state index in [-0.39, 0.29) is 11.9 Å². The summed E-state index contributed by atoms with van der Waals surface area (Å²) in [5.41, 5.74) is 4.40. The lowest BCUT2D eigenvalue weighted by Crippen LogP contribution is -2.27. The van der Waals surface area contributed by atoms with E-state index in [0.717, 1.165) is 23.4 Å². The Morgan fingerprint density at radius 1 is 1.40 bits per heavy atom. The molecule has 1 aromatic rings. The van der Waals surface area contributed by atoms with Gasteiger partial charge in [0.15, 0.2) is 0 Å². The molecule has 1 amide bonds. The Hall–Kier alpha value is -1.35. The quantitative estimate of drug-likeness (QED) is 0.772. The van der Waals surface area contributed by atoms with Gasteiger partial charge in [-0.1, -0.05) is 24.6 Å². The second kappa shape index (κ2) is 3.66. The molecule has 1 aliphatic heterocycles. The third kappa shape index (κ3) is 1.63. The molecule has 3 heteroatoms. The van der Waals surface area contributed by atoms with Crippen LogP contribution in [0.1, 0.15) is 29.7 Å². The van der Waals surface area contributed by atoms with Gasteiger partial charge in [-0.05, 0) is 26.0 Å². The highest BCUT2D eigenvalue weighted by molar-refractivity contribution is 6.03. The molecule has 0 spiro atoms. The predicted octanol–water partition coefficient (Wildman–Crippen LogP) is 1.91. The van der Waals surface area contributed by atoms with Crippen molar-refractivity contribution in [3.05, 3.63) is 28.8 Å². The second-order valence-electron chi connectivity index (χ2n) is 4.03. The van der Waals surface area contributed by atoms with Crippen LogP contribution >= 0.6 is 0 Å². The van der Waals surface area contributed by atoms with Crippen LogP contribution in [0.4, 0.5) is 5.69 Å². The van der Waals surface area contributed by atoms with Crippen LogP contribution in [-0.2, 0) is 4.79 Å². The standard InChI is InChI=1S/C12H16N2O/c1-4-13-11-9-6-7(2)5-8(3)10(9)14-12(11)15/h5-6,11,13H,4H2,1-3H3,(H,14,15). The minimum absolute atomic E-state index is 0.0561. The normalized spacial score (nSPS) is 18.9. The van der Waals surface area contributed by atoms with Crippen LogP contribution in [0.25, 0.3) is 0 Å². The van der Waals surface area contributed by atoms with E-state index < -0.39 is 0 Å². The summed E-state index contributed by atoms with van der Waals surface area (Å²) < 4.78 is 0. The molecule has 0 aliphatic carbocycles. The first-order valence-corrected chi connectivity index (χ1v) is 5.29. The summed E-state index contributed by atoms with van der Waals surface area (Å²) in [6, 6.07) is 3.99. The fourth-order valence-corrected chi connectivity index (χ4v) is 2.14. The Morgan fingerprint density at radius 2 is 2.13 bits per heavy atom. The molecular weight excluding hydrogens is 188 g/mol. The number of fused-ring (bicyclic) bond motifs is 1. The zero-order valence-electron chi connectivity index (χ0n) is 9.35. The topological polar surface area (TPSA) is 41.1 Å². The van der Waals surface area contributed by atoms with Crippen LogP contribution in [0.2, 0.25) is 0 Å². The Balaban J connectivity index is 2.48. The maximum absolute atomic E-state index is 11.7. The van der Waals surface area contributed by atoms with Crippen LogP contribution in [0.15, 0.2) is 12.1 Å². The van der Waals surface area contributed by atoms with E-state index >= 15 is 0 Å². The highest BCUT2D eigenvalue weighted by atomic mass is 16.2. The number of anilines is 1. The van der Waals surface area contributed by atoms with Gasteiger partial charge in [0.2, 0.25) is 5.91 Å². The highest BCUT2D eigenvalue weighted by Gasteiger charge is 2.30. The molecule has 2 N–H and O–H groups in total. The molecule has 0 radical (unpaired) electrons. The Bertz CT molecular complexity index is 412. The zero-order valence-corrected chi connectivity index (χ0v) is 9.35. The van der Waals surface area contributed by atoms with E-state index in [2.05, 4.69) is 29.7 Å². The Morgan fingerprint density at radius 3 is 2.80 bits per heavy atom. The molecule has 1 unspecified atom stereocenters. The molecule has 0 saturated heterocycles. The lowest BCUT2D eigenvalue weighted by atomic mass is 10.0. The van der Waals surface area contributed by atoms with Crippen LogP contribution in [0.5, 0.6) is 0 Å². The number of amides is 1. The van der Waals surface area contributed by atoms with Crippen LogP contribution < -0.4 is 10.6 Å². The summed E-state index contributed by atoms with van der Waals surface area (Å²) in [5.74, 6) is 0.0561. The SMILES string of the molecule is CCNC1C(=O)Nc2c(C)cc(C)cc21. The minimum Gasteiger partial charge on any atom is -0.324 e. The van der Waals surface area contributed by atoms with Crippen LogP contribution in [-0.4, -0.2) is 12.5 Å². The monoisotopic (exact) mass is 204 g/mol. The molecule has 0 aromatic heterocycles. The fraction of sp³-hybridized carbons (Fsp3) is 0.417. The van der Waals surface area contributed by atoms with Gasteiger partial charge in [-0.3, -0.25) is 4.79 Å². The van der Waals surface area contributed by atoms with Crippen molar-refractivity contribution in [2.75, 3.05) is 11.9 Å². The van der Waals surface area contributed by atoms with E-state index in [1.807, 2.05) is 13.8 Å². The summed E-state index contributed by atoms with van der Waals surface area (Å²) >= 11 is 0. The van der Waals surface area contributed by atoms with Gasteiger partial charge in [-0.2, -0.15) is 0 Å². The zero-order chi connectivity index (χ0) is 11.0. The number of carbonyl (C=O) groups excluding carboxylic acids is 1. The number of hydrogen-bond donors (Lipinski definition) is 2. The maximum atomic E-state index is 11.7. The third-order valence-electron chi connectivity index (χ3n) is 2.74. The first-order valence-electron chi connectivity index (χ1n) is 5.29. The fourth-order valence-electron chi connectivity index (χ4n) is 2.14. The van der Waals surface area contributed by atoms with Gasteiger partial charge in [0.25, 0.3) is 0 Å². The summed E-state index contributed by atoms with van der Waals surface area (Å²) in [7, 11) is 0. The molecule has 80 valence electrons. The first-order chi connectivity index (χ1) is 7.13. The molecule has 1 heterocycles. The number of likely N-dealkylation sites (N-methyl/N-ethyl adjacent to an activating group) is 1. The average molecular weight is 204 g/mol. The molecule has 0 bridgehead atoms. The maximum Gasteiger partial charge on any atom is 0.246 e. The van der Waals surface area contributed by atoms with Gasteiger partial charge in [-0.15, -0.1) is 0 Å². The minimum atomic E-state index is -0.177. The predicted molar refractivity (Wildman–Crippen MR) is 61.0 cm³/mol. The number of rotatable bonds is 2. The Kier molecular flexibility index (Phi) is 2.49.